The summed E-state index contributed by atoms with van der Waals surface area (Å²) in [6.45, 7) is 2.18. The molecule has 4 nitrogen and oxygen atoms in total. The van der Waals surface area contributed by atoms with Gasteiger partial charge in [0.2, 0.25) is 0 Å². The fourth-order valence-electron chi connectivity index (χ4n) is 1.26. The van der Waals surface area contributed by atoms with E-state index in [1.807, 2.05) is 6.92 Å². The van der Waals surface area contributed by atoms with E-state index < -0.39 is 11.2 Å². The Morgan fingerprint density at radius 1 is 1.69 bits per heavy atom. The number of ketones is 1. The summed E-state index contributed by atoms with van der Waals surface area (Å²) < 4.78 is 31.4. The third-order valence-electron chi connectivity index (χ3n) is 1.93. The maximum atomic E-state index is 12.7. The molecule has 0 amide bonds. The highest BCUT2D eigenvalue weighted by molar-refractivity contribution is 6.35. The summed E-state index contributed by atoms with van der Waals surface area (Å²) in [5, 5.41) is -0.155. The highest BCUT2D eigenvalue weighted by atomic mass is 35.5. The molecule has 1 aromatic rings. The summed E-state index contributed by atoms with van der Waals surface area (Å²) in [5.74, 6) is -1.50. The number of aryl methyl sites for hydroxylation is 1. The number of ether oxygens (including phenoxy) is 1. The number of methoxy groups -OCH3 is 1. The number of carbonyl (C=O) groups is 1. The van der Waals surface area contributed by atoms with Crippen molar-refractivity contribution in [2.45, 2.75) is 25.3 Å². The molecule has 0 fully saturated rings. The Kier molecular flexibility index (Phi) is 3.85. The standard InChI is InChI=1S/C9H11ClF2N2O2/c1-3-4-14-7(6(16-2)5-13-14)8(15)9(10,11)12/h5H,3-4H2,1-2H3. The zero-order valence-electron chi connectivity index (χ0n) is 8.84. The molecule has 1 rings (SSSR count). The van der Waals surface area contributed by atoms with Gasteiger partial charge in [0.1, 0.15) is 0 Å². The molecule has 16 heavy (non-hydrogen) atoms. The van der Waals surface area contributed by atoms with Crippen LogP contribution in [0.3, 0.4) is 0 Å². The van der Waals surface area contributed by atoms with Gasteiger partial charge in [-0.25, -0.2) is 0 Å². The largest absolute Gasteiger partial charge is 0.493 e. The fourth-order valence-corrected chi connectivity index (χ4v) is 1.35. The van der Waals surface area contributed by atoms with E-state index in [1.54, 1.807) is 0 Å². The lowest BCUT2D eigenvalue weighted by Crippen LogP contribution is -2.25. The summed E-state index contributed by atoms with van der Waals surface area (Å²) in [5.41, 5.74) is -0.302. The maximum absolute atomic E-state index is 12.7. The van der Waals surface area contributed by atoms with Gasteiger partial charge in [0, 0.05) is 6.54 Å². The Labute approximate surface area is 96.1 Å². The number of aromatic nitrogens is 2. The van der Waals surface area contributed by atoms with Crippen molar-refractivity contribution in [3.8, 4) is 5.75 Å². The SMILES string of the molecule is CCCn1ncc(OC)c1C(=O)C(F)(F)Cl. The zero-order chi connectivity index (χ0) is 12.3. The Morgan fingerprint density at radius 3 is 2.75 bits per heavy atom. The van der Waals surface area contributed by atoms with Gasteiger partial charge in [-0.3, -0.25) is 9.48 Å². The number of hydrogen-bond donors (Lipinski definition) is 0. The molecule has 0 saturated heterocycles. The van der Waals surface area contributed by atoms with Crippen molar-refractivity contribution < 1.29 is 18.3 Å². The van der Waals surface area contributed by atoms with Gasteiger partial charge in [-0.05, 0) is 18.0 Å². The number of hydrogen-bond acceptors (Lipinski definition) is 3. The van der Waals surface area contributed by atoms with Crippen molar-refractivity contribution in [1.29, 1.82) is 0 Å². The minimum Gasteiger partial charge on any atom is -0.493 e. The number of rotatable bonds is 5. The summed E-state index contributed by atoms with van der Waals surface area (Å²) in [4.78, 5) is 11.4. The van der Waals surface area contributed by atoms with Crippen LogP contribution in [0, 0.1) is 0 Å². The molecule has 1 aromatic heterocycles. The third-order valence-corrected chi connectivity index (χ3v) is 2.11. The van der Waals surface area contributed by atoms with Gasteiger partial charge in [-0.1, -0.05) is 6.92 Å². The molecule has 90 valence electrons. The van der Waals surface area contributed by atoms with Gasteiger partial charge in [0.25, 0.3) is 5.78 Å². The molecule has 0 saturated carbocycles. The third kappa shape index (κ3) is 2.49. The molecule has 0 aliphatic rings. The molecule has 7 heteroatoms. The van der Waals surface area contributed by atoms with Crippen molar-refractivity contribution in [2.75, 3.05) is 7.11 Å². The number of nitrogens with zero attached hydrogens (tertiary/aromatic N) is 2. The molecule has 0 aliphatic heterocycles. The van der Waals surface area contributed by atoms with Crippen LogP contribution in [-0.2, 0) is 6.54 Å². The van der Waals surface area contributed by atoms with Crippen molar-refractivity contribution in [3.05, 3.63) is 11.9 Å². The molecular weight excluding hydrogens is 242 g/mol. The van der Waals surface area contributed by atoms with Gasteiger partial charge >= 0.3 is 5.38 Å². The first-order valence-corrected chi connectivity index (χ1v) is 5.01. The number of Topliss-reactive ketones (excluding diaryl/α,β-unsaturated/α-hetero) is 1. The number of alkyl halides is 3. The van der Waals surface area contributed by atoms with E-state index in [9.17, 15) is 13.6 Å². The minimum atomic E-state index is -3.95. The van der Waals surface area contributed by atoms with Crippen molar-refractivity contribution in [3.63, 3.8) is 0 Å². The van der Waals surface area contributed by atoms with Crippen LogP contribution in [0.25, 0.3) is 0 Å². The normalized spacial score (nSPS) is 11.6. The molecule has 0 aromatic carbocycles. The second-order valence-electron chi connectivity index (χ2n) is 3.11. The predicted molar refractivity (Wildman–Crippen MR) is 54.2 cm³/mol. The van der Waals surface area contributed by atoms with Gasteiger partial charge in [0.05, 0.1) is 13.3 Å². The minimum absolute atomic E-state index is 0.00113. The second kappa shape index (κ2) is 4.78. The first kappa shape index (κ1) is 12.9. The van der Waals surface area contributed by atoms with Crippen LogP contribution in [0.15, 0.2) is 6.20 Å². The lowest BCUT2D eigenvalue weighted by Gasteiger charge is -2.10. The quantitative estimate of drug-likeness (QED) is 0.597. The highest BCUT2D eigenvalue weighted by Gasteiger charge is 2.40. The number of halogens is 3. The lowest BCUT2D eigenvalue weighted by molar-refractivity contribution is 0.0520. The Balaban J connectivity index is 3.18. The van der Waals surface area contributed by atoms with E-state index in [0.717, 1.165) is 4.68 Å². The summed E-state index contributed by atoms with van der Waals surface area (Å²) >= 11 is 4.70. The van der Waals surface area contributed by atoms with E-state index >= 15 is 0 Å². The average molecular weight is 253 g/mol. The van der Waals surface area contributed by atoms with Gasteiger partial charge in [0.15, 0.2) is 11.4 Å². The van der Waals surface area contributed by atoms with Crippen LogP contribution >= 0.6 is 11.6 Å². The molecular formula is C9H11ClF2N2O2. The van der Waals surface area contributed by atoms with E-state index in [-0.39, 0.29) is 11.4 Å². The van der Waals surface area contributed by atoms with Gasteiger partial charge in [-0.15, -0.1) is 0 Å². The zero-order valence-corrected chi connectivity index (χ0v) is 9.59. The summed E-state index contributed by atoms with van der Waals surface area (Å²) in [6.07, 6.45) is 1.87. The van der Waals surface area contributed by atoms with Crippen LogP contribution in [0.4, 0.5) is 8.78 Å². The monoisotopic (exact) mass is 252 g/mol. The summed E-state index contributed by atoms with van der Waals surface area (Å²) in [7, 11) is 1.27. The van der Waals surface area contributed by atoms with Crippen molar-refractivity contribution >= 4 is 17.4 Å². The topological polar surface area (TPSA) is 44.1 Å². The van der Waals surface area contributed by atoms with E-state index in [2.05, 4.69) is 5.10 Å². The summed E-state index contributed by atoms with van der Waals surface area (Å²) in [6, 6.07) is 0. The molecule has 0 spiro atoms. The molecule has 0 N–H and O–H groups in total. The van der Waals surface area contributed by atoms with Crippen LogP contribution < -0.4 is 4.74 Å². The Bertz CT molecular complexity index is 387. The molecule has 0 unspecified atom stereocenters. The Hall–Kier alpha value is -1.17. The van der Waals surface area contributed by atoms with E-state index in [1.165, 1.54) is 13.3 Å². The van der Waals surface area contributed by atoms with Crippen LogP contribution in [0.2, 0.25) is 0 Å². The molecule has 0 aliphatic carbocycles. The molecule has 0 bridgehead atoms. The van der Waals surface area contributed by atoms with Crippen LogP contribution in [0.5, 0.6) is 5.75 Å². The average Bonchev–Trinajstić information content (AvgIpc) is 2.58. The lowest BCUT2D eigenvalue weighted by atomic mass is 10.2. The molecule has 0 atom stereocenters. The van der Waals surface area contributed by atoms with E-state index in [4.69, 9.17) is 16.3 Å². The first-order chi connectivity index (χ1) is 7.41. The van der Waals surface area contributed by atoms with Gasteiger partial charge in [-0.2, -0.15) is 13.9 Å². The Morgan fingerprint density at radius 2 is 2.31 bits per heavy atom. The fraction of sp³-hybridized carbons (Fsp3) is 0.556. The maximum Gasteiger partial charge on any atom is 0.386 e. The van der Waals surface area contributed by atoms with Gasteiger partial charge < -0.3 is 4.74 Å². The van der Waals surface area contributed by atoms with Crippen LogP contribution in [-0.4, -0.2) is 28.1 Å². The smallest absolute Gasteiger partial charge is 0.386 e. The van der Waals surface area contributed by atoms with Crippen molar-refractivity contribution in [2.24, 2.45) is 0 Å². The highest BCUT2D eigenvalue weighted by Crippen LogP contribution is 2.29. The molecule has 1 heterocycles. The number of carbonyl (C=O) groups excluding carboxylic acids is 1. The van der Waals surface area contributed by atoms with E-state index in [0.29, 0.717) is 13.0 Å². The second-order valence-corrected chi connectivity index (χ2v) is 3.59. The predicted octanol–water partition coefficient (Wildman–Crippen LogP) is 2.32. The molecule has 0 radical (unpaired) electrons. The first-order valence-electron chi connectivity index (χ1n) is 4.63. The van der Waals surface area contributed by atoms with Crippen LogP contribution in [0.1, 0.15) is 23.8 Å². The van der Waals surface area contributed by atoms with Crippen molar-refractivity contribution in [1.82, 2.24) is 9.78 Å².